The van der Waals surface area contributed by atoms with E-state index >= 15 is 0 Å². The van der Waals surface area contributed by atoms with Crippen LogP contribution in [0.2, 0.25) is 0 Å². The number of rotatable bonds is 3. The number of thiocarbonyl (C=S) groups is 1. The Balaban J connectivity index is 2.25. The van der Waals surface area contributed by atoms with Gasteiger partial charge in [0.15, 0.2) is 0 Å². The lowest BCUT2D eigenvalue weighted by atomic mass is 10.2. The number of aryl methyl sites for hydroxylation is 1. The molecule has 2 aromatic carbocycles. The second kappa shape index (κ2) is 5.50. The summed E-state index contributed by atoms with van der Waals surface area (Å²) in [5.74, 6) is 0. The van der Waals surface area contributed by atoms with Crippen LogP contribution in [0.25, 0.3) is 0 Å². The van der Waals surface area contributed by atoms with Crippen molar-refractivity contribution < 1.29 is 0 Å². The molecule has 0 bridgehead atoms. The summed E-state index contributed by atoms with van der Waals surface area (Å²) in [4.78, 5) is 0.393. The highest BCUT2D eigenvalue weighted by Gasteiger charge is 2.04. The zero-order valence-corrected chi connectivity index (χ0v) is 12.3. The molecule has 0 saturated carbocycles. The summed E-state index contributed by atoms with van der Waals surface area (Å²) < 4.78 is 0.896. The Hall–Kier alpha value is -1.39. The Morgan fingerprint density at radius 2 is 1.89 bits per heavy atom. The van der Waals surface area contributed by atoms with Crippen LogP contribution >= 0.6 is 28.1 Å². The number of nitrogens with two attached hydrogens (primary N) is 1. The van der Waals surface area contributed by atoms with Gasteiger partial charge in [-0.15, -0.1) is 0 Å². The molecule has 0 amide bonds. The van der Waals surface area contributed by atoms with Gasteiger partial charge in [-0.05, 0) is 58.7 Å². The fourth-order valence-electron chi connectivity index (χ4n) is 1.68. The minimum atomic E-state index is 0.393. The number of benzene rings is 2. The fourth-order valence-corrected chi connectivity index (χ4v) is 2.58. The van der Waals surface area contributed by atoms with Gasteiger partial charge in [0.25, 0.3) is 0 Å². The smallest absolute Gasteiger partial charge is 0.105 e. The lowest BCUT2D eigenvalue weighted by Crippen LogP contribution is -2.10. The van der Waals surface area contributed by atoms with E-state index in [1.54, 1.807) is 0 Å². The van der Waals surface area contributed by atoms with Crippen LogP contribution in [0.5, 0.6) is 0 Å². The number of hydrogen-bond donors (Lipinski definition) is 2. The first kappa shape index (κ1) is 13.1. The van der Waals surface area contributed by atoms with Crippen LogP contribution in [-0.4, -0.2) is 4.99 Å². The van der Waals surface area contributed by atoms with E-state index in [0.717, 1.165) is 21.4 Å². The van der Waals surface area contributed by atoms with Crippen LogP contribution in [0.15, 0.2) is 46.9 Å². The Morgan fingerprint density at radius 1 is 1.17 bits per heavy atom. The molecule has 0 fully saturated rings. The van der Waals surface area contributed by atoms with Crippen molar-refractivity contribution in [3.63, 3.8) is 0 Å². The minimum Gasteiger partial charge on any atom is -0.389 e. The average molecular weight is 321 g/mol. The van der Waals surface area contributed by atoms with Gasteiger partial charge in [0.05, 0.1) is 0 Å². The molecule has 0 aliphatic carbocycles. The second-order valence-corrected chi connectivity index (χ2v) is 5.35. The van der Waals surface area contributed by atoms with E-state index in [9.17, 15) is 0 Å². The average Bonchev–Trinajstić information content (AvgIpc) is 2.28. The molecule has 0 aliphatic rings. The third kappa shape index (κ3) is 3.09. The zero-order chi connectivity index (χ0) is 13.1. The van der Waals surface area contributed by atoms with Crippen molar-refractivity contribution in [1.82, 2.24) is 0 Å². The van der Waals surface area contributed by atoms with Gasteiger partial charge in [-0.25, -0.2) is 0 Å². The first-order chi connectivity index (χ1) is 8.56. The summed E-state index contributed by atoms with van der Waals surface area (Å²) >= 11 is 8.44. The van der Waals surface area contributed by atoms with Crippen LogP contribution in [0, 0.1) is 6.92 Å². The van der Waals surface area contributed by atoms with Crippen LogP contribution in [0.3, 0.4) is 0 Å². The molecule has 0 saturated heterocycles. The molecule has 2 rings (SSSR count). The second-order valence-electron chi connectivity index (χ2n) is 4.05. The van der Waals surface area contributed by atoms with Crippen LogP contribution < -0.4 is 11.1 Å². The highest BCUT2D eigenvalue weighted by molar-refractivity contribution is 9.10. The molecule has 0 heterocycles. The van der Waals surface area contributed by atoms with Crippen molar-refractivity contribution in [3.05, 3.63) is 58.1 Å². The lowest BCUT2D eigenvalue weighted by molar-refractivity contribution is 1.44. The van der Waals surface area contributed by atoms with Crippen molar-refractivity contribution in [1.29, 1.82) is 0 Å². The predicted molar refractivity (Wildman–Crippen MR) is 84.5 cm³/mol. The van der Waals surface area contributed by atoms with Gasteiger partial charge >= 0.3 is 0 Å². The van der Waals surface area contributed by atoms with Crippen molar-refractivity contribution in [2.24, 2.45) is 5.73 Å². The molecule has 0 atom stereocenters. The van der Waals surface area contributed by atoms with E-state index in [1.165, 1.54) is 5.56 Å². The van der Waals surface area contributed by atoms with E-state index in [0.29, 0.717) is 4.99 Å². The molecule has 0 spiro atoms. The predicted octanol–water partition coefficient (Wildman–Crippen LogP) is 4.14. The van der Waals surface area contributed by atoms with Crippen LogP contribution in [0.1, 0.15) is 11.1 Å². The fraction of sp³-hybridized carbons (Fsp3) is 0.0714. The van der Waals surface area contributed by atoms with Gasteiger partial charge in [0.2, 0.25) is 0 Å². The molecule has 0 unspecified atom stereocenters. The van der Waals surface area contributed by atoms with Gasteiger partial charge < -0.3 is 11.1 Å². The van der Waals surface area contributed by atoms with Crippen molar-refractivity contribution in [2.45, 2.75) is 6.92 Å². The van der Waals surface area contributed by atoms with Crippen molar-refractivity contribution in [3.8, 4) is 0 Å². The maximum Gasteiger partial charge on any atom is 0.105 e. The minimum absolute atomic E-state index is 0.393. The first-order valence-electron chi connectivity index (χ1n) is 5.49. The Kier molecular flexibility index (Phi) is 3.99. The number of nitrogens with one attached hydrogen (secondary N) is 1. The molecule has 92 valence electrons. The summed E-state index contributed by atoms with van der Waals surface area (Å²) in [6, 6.07) is 14.0. The number of halogens is 1. The van der Waals surface area contributed by atoms with Crippen molar-refractivity contribution >= 4 is 44.5 Å². The normalized spacial score (nSPS) is 10.1. The van der Waals surface area contributed by atoms with Crippen LogP contribution in [0.4, 0.5) is 11.4 Å². The Morgan fingerprint density at radius 3 is 2.50 bits per heavy atom. The number of anilines is 2. The molecule has 2 nitrogen and oxygen atoms in total. The van der Waals surface area contributed by atoms with E-state index in [-0.39, 0.29) is 0 Å². The topological polar surface area (TPSA) is 38.0 Å². The standard InChI is InChI=1S/C14H13BrN2S/c1-9-3-2-4-10(7-9)17-11-5-6-12(14(16)18)13(15)8-11/h2-8,17H,1H3,(H2,16,18). The molecule has 0 radical (unpaired) electrons. The molecule has 0 aromatic heterocycles. The number of hydrogen-bond acceptors (Lipinski definition) is 2. The third-order valence-corrected chi connectivity index (χ3v) is 3.42. The summed E-state index contributed by atoms with van der Waals surface area (Å²) in [5.41, 5.74) is 9.74. The maximum atomic E-state index is 5.62. The van der Waals surface area contributed by atoms with Crippen LogP contribution in [-0.2, 0) is 0 Å². The highest BCUT2D eigenvalue weighted by atomic mass is 79.9. The van der Waals surface area contributed by atoms with E-state index in [1.807, 2.05) is 30.3 Å². The Bertz CT molecular complexity index is 596. The quantitative estimate of drug-likeness (QED) is 0.835. The van der Waals surface area contributed by atoms with E-state index in [2.05, 4.69) is 40.3 Å². The molecular weight excluding hydrogens is 308 g/mol. The van der Waals surface area contributed by atoms with Gasteiger partial charge in [0, 0.05) is 21.4 Å². The van der Waals surface area contributed by atoms with Gasteiger partial charge in [-0.1, -0.05) is 24.4 Å². The van der Waals surface area contributed by atoms with Gasteiger partial charge in [-0.2, -0.15) is 0 Å². The van der Waals surface area contributed by atoms with E-state index in [4.69, 9.17) is 18.0 Å². The molecule has 2 aromatic rings. The third-order valence-electron chi connectivity index (χ3n) is 2.54. The summed E-state index contributed by atoms with van der Waals surface area (Å²) in [6.07, 6.45) is 0. The largest absolute Gasteiger partial charge is 0.389 e. The summed E-state index contributed by atoms with van der Waals surface area (Å²) in [7, 11) is 0. The maximum absolute atomic E-state index is 5.62. The first-order valence-corrected chi connectivity index (χ1v) is 6.69. The Labute approximate surface area is 120 Å². The van der Waals surface area contributed by atoms with E-state index < -0.39 is 0 Å². The van der Waals surface area contributed by atoms with Crippen molar-refractivity contribution in [2.75, 3.05) is 5.32 Å². The molecule has 4 heteroatoms. The summed E-state index contributed by atoms with van der Waals surface area (Å²) in [6.45, 7) is 2.07. The highest BCUT2D eigenvalue weighted by Crippen LogP contribution is 2.24. The summed E-state index contributed by atoms with van der Waals surface area (Å²) in [5, 5.41) is 3.34. The zero-order valence-electron chi connectivity index (χ0n) is 9.91. The monoisotopic (exact) mass is 320 g/mol. The van der Waals surface area contributed by atoms with Gasteiger partial charge in [0.1, 0.15) is 4.99 Å². The molecule has 18 heavy (non-hydrogen) atoms. The SMILES string of the molecule is Cc1cccc(Nc2ccc(C(N)=S)c(Br)c2)c1. The lowest BCUT2D eigenvalue weighted by Gasteiger charge is -2.09. The molecule has 0 aliphatic heterocycles. The molecular formula is C14H13BrN2S. The van der Waals surface area contributed by atoms with Gasteiger partial charge in [-0.3, -0.25) is 0 Å². The molecule has 3 N–H and O–H groups in total.